The third-order valence-corrected chi connectivity index (χ3v) is 6.51. The number of sulfonamides is 1. The highest BCUT2D eigenvalue weighted by Crippen LogP contribution is 2.19. The fourth-order valence-electron chi connectivity index (χ4n) is 2.94. The van der Waals surface area contributed by atoms with E-state index in [-0.39, 0.29) is 36.3 Å². The molecule has 1 amide bonds. The van der Waals surface area contributed by atoms with Gasteiger partial charge >= 0.3 is 0 Å². The minimum absolute atomic E-state index is 0.0801. The lowest BCUT2D eigenvalue weighted by atomic mass is 10.2. The predicted octanol–water partition coefficient (Wildman–Crippen LogP) is 1.80. The molecule has 1 saturated heterocycles. The van der Waals surface area contributed by atoms with E-state index in [1.165, 1.54) is 35.5 Å². The number of hydrogen-bond acceptors (Lipinski definition) is 5. The minimum Gasteiger partial charge on any atom is -0.484 e. The van der Waals surface area contributed by atoms with Crippen molar-refractivity contribution in [2.75, 3.05) is 32.8 Å². The first kappa shape index (κ1) is 20.0. The minimum atomic E-state index is -3.66. The van der Waals surface area contributed by atoms with Gasteiger partial charge in [0, 0.05) is 31.7 Å². The molecule has 1 fully saturated rings. The third kappa shape index (κ3) is 4.58. The van der Waals surface area contributed by atoms with Crippen LogP contribution in [0.2, 0.25) is 0 Å². The van der Waals surface area contributed by atoms with Crippen LogP contribution in [0.5, 0.6) is 5.75 Å². The van der Waals surface area contributed by atoms with E-state index in [0.29, 0.717) is 24.4 Å². The fourth-order valence-corrected chi connectivity index (χ4v) is 4.36. The lowest BCUT2D eigenvalue weighted by Crippen LogP contribution is -2.51. The molecule has 0 unspecified atom stereocenters. The molecule has 8 heteroatoms. The van der Waals surface area contributed by atoms with E-state index in [1.54, 1.807) is 17.0 Å². The van der Waals surface area contributed by atoms with Crippen LogP contribution in [0.4, 0.5) is 0 Å². The van der Waals surface area contributed by atoms with Gasteiger partial charge in [0.25, 0.3) is 5.91 Å². The molecule has 0 N–H and O–H groups in total. The zero-order valence-electron chi connectivity index (χ0n) is 15.6. The van der Waals surface area contributed by atoms with E-state index < -0.39 is 10.0 Å². The molecule has 0 aliphatic carbocycles. The van der Waals surface area contributed by atoms with Crippen LogP contribution in [0.1, 0.15) is 17.3 Å². The molecule has 0 saturated carbocycles. The molecule has 1 aliphatic heterocycles. The molecule has 2 aromatic carbocycles. The van der Waals surface area contributed by atoms with Crippen molar-refractivity contribution in [1.29, 1.82) is 0 Å². The Kier molecular flexibility index (Phi) is 6.11. The molecule has 28 heavy (non-hydrogen) atoms. The zero-order valence-corrected chi connectivity index (χ0v) is 16.4. The Morgan fingerprint density at radius 2 is 1.54 bits per heavy atom. The Hall–Kier alpha value is -2.71. The lowest BCUT2D eigenvalue weighted by molar-refractivity contribution is -0.134. The van der Waals surface area contributed by atoms with Crippen LogP contribution in [-0.2, 0) is 14.8 Å². The van der Waals surface area contributed by atoms with Gasteiger partial charge in [-0.2, -0.15) is 4.31 Å². The summed E-state index contributed by atoms with van der Waals surface area (Å²) >= 11 is 0. The number of rotatable bonds is 6. The number of amides is 1. The fraction of sp³-hybridized carbons (Fsp3) is 0.300. The predicted molar refractivity (Wildman–Crippen MR) is 104 cm³/mol. The van der Waals surface area contributed by atoms with Crippen molar-refractivity contribution in [3.05, 3.63) is 60.2 Å². The first-order valence-corrected chi connectivity index (χ1v) is 10.4. The van der Waals surface area contributed by atoms with Crippen LogP contribution < -0.4 is 4.74 Å². The molecule has 0 radical (unpaired) electrons. The number of hydrogen-bond donors (Lipinski definition) is 0. The lowest BCUT2D eigenvalue weighted by Gasteiger charge is -2.34. The van der Waals surface area contributed by atoms with E-state index in [9.17, 15) is 18.0 Å². The first-order chi connectivity index (χ1) is 13.4. The van der Waals surface area contributed by atoms with E-state index in [4.69, 9.17) is 4.74 Å². The summed E-state index contributed by atoms with van der Waals surface area (Å²) in [5, 5.41) is 0. The zero-order chi connectivity index (χ0) is 20.1. The number of ketones is 1. The van der Waals surface area contributed by atoms with E-state index in [2.05, 4.69) is 0 Å². The smallest absolute Gasteiger partial charge is 0.260 e. The molecule has 1 aliphatic rings. The van der Waals surface area contributed by atoms with Crippen molar-refractivity contribution in [3.8, 4) is 5.75 Å². The second-order valence-electron chi connectivity index (χ2n) is 6.47. The highest BCUT2D eigenvalue weighted by atomic mass is 32.2. The van der Waals surface area contributed by atoms with Crippen molar-refractivity contribution in [2.45, 2.75) is 11.8 Å². The SMILES string of the molecule is CC(=O)c1ccc(S(=O)(=O)N2CCN(C(=O)COc3ccccc3)CC2)cc1. The standard InChI is InChI=1S/C20H22N2O5S/c1-16(23)17-7-9-19(10-8-17)28(25,26)22-13-11-21(12-14-22)20(24)15-27-18-5-3-2-4-6-18/h2-10H,11-15H2,1H3. The molecular formula is C20H22N2O5S. The second-order valence-corrected chi connectivity index (χ2v) is 8.41. The van der Waals surface area contributed by atoms with Gasteiger partial charge in [-0.1, -0.05) is 30.3 Å². The number of nitrogens with zero attached hydrogens (tertiary/aromatic N) is 2. The summed E-state index contributed by atoms with van der Waals surface area (Å²) in [7, 11) is -3.66. The normalized spacial score (nSPS) is 15.2. The number of para-hydroxylation sites is 1. The van der Waals surface area contributed by atoms with Crippen LogP contribution >= 0.6 is 0 Å². The summed E-state index contributed by atoms with van der Waals surface area (Å²) in [4.78, 5) is 25.4. The molecule has 0 spiro atoms. The number of carbonyl (C=O) groups excluding carboxylic acids is 2. The average Bonchev–Trinajstić information content (AvgIpc) is 2.73. The van der Waals surface area contributed by atoms with Crippen molar-refractivity contribution >= 4 is 21.7 Å². The van der Waals surface area contributed by atoms with Gasteiger partial charge in [0.05, 0.1) is 4.90 Å². The Labute approximate surface area is 164 Å². The van der Waals surface area contributed by atoms with Gasteiger partial charge in [-0.3, -0.25) is 9.59 Å². The Morgan fingerprint density at radius 1 is 0.929 bits per heavy atom. The van der Waals surface area contributed by atoms with Gasteiger partial charge < -0.3 is 9.64 Å². The van der Waals surface area contributed by atoms with Crippen LogP contribution in [-0.4, -0.2) is 62.1 Å². The number of carbonyl (C=O) groups is 2. The number of ether oxygens (including phenoxy) is 1. The summed E-state index contributed by atoms with van der Waals surface area (Å²) in [6.07, 6.45) is 0. The summed E-state index contributed by atoms with van der Waals surface area (Å²) in [6.45, 7) is 2.40. The quantitative estimate of drug-likeness (QED) is 0.688. The van der Waals surface area contributed by atoms with Crippen molar-refractivity contribution in [1.82, 2.24) is 9.21 Å². The molecule has 0 aromatic heterocycles. The third-order valence-electron chi connectivity index (χ3n) is 4.60. The van der Waals surface area contributed by atoms with E-state index in [1.807, 2.05) is 18.2 Å². The summed E-state index contributed by atoms with van der Waals surface area (Å²) in [6, 6.07) is 15.0. The van der Waals surface area contributed by atoms with Gasteiger partial charge in [0.1, 0.15) is 5.75 Å². The monoisotopic (exact) mass is 402 g/mol. The molecular weight excluding hydrogens is 380 g/mol. The maximum atomic E-state index is 12.8. The molecule has 3 rings (SSSR count). The maximum absolute atomic E-state index is 12.8. The topological polar surface area (TPSA) is 84.0 Å². The van der Waals surface area contributed by atoms with Gasteiger partial charge in [0.2, 0.25) is 10.0 Å². The van der Waals surface area contributed by atoms with Crippen LogP contribution in [0.25, 0.3) is 0 Å². The second kappa shape index (κ2) is 8.53. The molecule has 0 atom stereocenters. The largest absolute Gasteiger partial charge is 0.484 e. The van der Waals surface area contributed by atoms with Gasteiger partial charge in [-0.25, -0.2) is 8.42 Å². The van der Waals surface area contributed by atoms with Crippen molar-refractivity contribution < 1.29 is 22.7 Å². The van der Waals surface area contributed by atoms with Gasteiger partial charge in [-0.15, -0.1) is 0 Å². The molecule has 2 aromatic rings. The summed E-state index contributed by atoms with van der Waals surface area (Å²) in [5.41, 5.74) is 0.466. The highest BCUT2D eigenvalue weighted by molar-refractivity contribution is 7.89. The number of Topliss-reactive ketones (excluding diaryl/α,β-unsaturated/α-hetero) is 1. The van der Waals surface area contributed by atoms with Crippen LogP contribution in [0.15, 0.2) is 59.5 Å². The van der Waals surface area contributed by atoms with E-state index >= 15 is 0 Å². The molecule has 0 bridgehead atoms. The molecule has 7 nitrogen and oxygen atoms in total. The number of piperazine rings is 1. The number of benzene rings is 2. The molecule has 1 heterocycles. The Balaban J connectivity index is 1.56. The Bertz CT molecular complexity index is 934. The van der Waals surface area contributed by atoms with Crippen LogP contribution in [0.3, 0.4) is 0 Å². The Morgan fingerprint density at radius 3 is 2.11 bits per heavy atom. The highest BCUT2D eigenvalue weighted by Gasteiger charge is 2.30. The van der Waals surface area contributed by atoms with Crippen LogP contribution in [0, 0.1) is 0 Å². The maximum Gasteiger partial charge on any atom is 0.260 e. The van der Waals surface area contributed by atoms with E-state index in [0.717, 1.165) is 0 Å². The van der Waals surface area contributed by atoms with Crippen molar-refractivity contribution in [3.63, 3.8) is 0 Å². The summed E-state index contributed by atoms with van der Waals surface area (Å²) in [5.74, 6) is 0.326. The first-order valence-electron chi connectivity index (χ1n) is 8.95. The van der Waals surface area contributed by atoms with Gasteiger partial charge in [0.15, 0.2) is 12.4 Å². The summed E-state index contributed by atoms with van der Waals surface area (Å²) < 4.78 is 32.4. The average molecular weight is 402 g/mol. The van der Waals surface area contributed by atoms with Crippen molar-refractivity contribution in [2.24, 2.45) is 0 Å². The molecule has 148 valence electrons. The van der Waals surface area contributed by atoms with Gasteiger partial charge in [-0.05, 0) is 31.2 Å².